The first-order valence-corrected chi connectivity index (χ1v) is 5.87. The molecule has 0 atom stereocenters. The molecule has 5 heteroatoms. The van der Waals surface area contributed by atoms with Gasteiger partial charge in [0, 0.05) is 5.92 Å². The van der Waals surface area contributed by atoms with Crippen LogP contribution in [0.3, 0.4) is 0 Å². The van der Waals surface area contributed by atoms with Gasteiger partial charge >= 0.3 is 0 Å². The number of hydrogen-bond acceptors (Lipinski definition) is 3. The van der Waals surface area contributed by atoms with Gasteiger partial charge in [-0.25, -0.2) is 0 Å². The van der Waals surface area contributed by atoms with Crippen molar-refractivity contribution in [2.75, 3.05) is 13.1 Å². The van der Waals surface area contributed by atoms with Crippen LogP contribution >= 0.6 is 0 Å². The van der Waals surface area contributed by atoms with Gasteiger partial charge in [0.15, 0.2) is 0 Å². The van der Waals surface area contributed by atoms with Gasteiger partial charge in [-0.05, 0) is 38.8 Å². The SMILES string of the molecule is O=C1N=C(C2CCNCC2)NC(=O)C12CC2. The quantitative estimate of drug-likeness (QED) is 0.603. The van der Waals surface area contributed by atoms with E-state index in [9.17, 15) is 9.59 Å². The van der Waals surface area contributed by atoms with Crippen LogP contribution in [0.15, 0.2) is 4.99 Å². The Labute approximate surface area is 93.7 Å². The lowest BCUT2D eigenvalue weighted by Gasteiger charge is -2.28. The Balaban J connectivity index is 1.81. The Morgan fingerprint density at radius 3 is 2.44 bits per heavy atom. The molecule has 2 amide bonds. The first kappa shape index (κ1) is 9.96. The van der Waals surface area contributed by atoms with Gasteiger partial charge < -0.3 is 10.6 Å². The lowest BCUT2D eigenvalue weighted by molar-refractivity contribution is -0.135. The third-order valence-corrected chi connectivity index (χ3v) is 3.78. The van der Waals surface area contributed by atoms with Crippen LogP contribution < -0.4 is 10.6 Å². The number of amides is 2. The lowest BCUT2D eigenvalue weighted by Crippen LogP contribution is -2.49. The van der Waals surface area contributed by atoms with Crippen LogP contribution in [0.4, 0.5) is 0 Å². The van der Waals surface area contributed by atoms with Crippen molar-refractivity contribution < 1.29 is 9.59 Å². The van der Waals surface area contributed by atoms with E-state index in [1.54, 1.807) is 0 Å². The Hall–Kier alpha value is -1.23. The summed E-state index contributed by atoms with van der Waals surface area (Å²) in [7, 11) is 0. The monoisotopic (exact) mass is 221 g/mol. The predicted molar refractivity (Wildman–Crippen MR) is 57.8 cm³/mol. The van der Waals surface area contributed by atoms with E-state index < -0.39 is 5.41 Å². The van der Waals surface area contributed by atoms with Gasteiger partial charge in [0.25, 0.3) is 5.91 Å². The van der Waals surface area contributed by atoms with Crippen LogP contribution in [0.1, 0.15) is 25.7 Å². The maximum Gasteiger partial charge on any atom is 0.263 e. The molecule has 2 N–H and O–H groups in total. The number of nitrogens with one attached hydrogen (secondary N) is 2. The van der Waals surface area contributed by atoms with Crippen molar-refractivity contribution in [2.45, 2.75) is 25.7 Å². The number of carbonyl (C=O) groups is 2. The summed E-state index contributed by atoms with van der Waals surface area (Å²) in [4.78, 5) is 27.7. The Morgan fingerprint density at radius 2 is 1.88 bits per heavy atom. The first-order valence-electron chi connectivity index (χ1n) is 5.87. The molecule has 2 aliphatic heterocycles. The molecule has 0 unspecified atom stereocenters. The maximum atomic E-state index is 11.8. The van der Waals surface area contributed by atoms with E-state index in [1.807, 2.05) is 0 Å². The molecule has 1 spiro atoms. The largest absolute Gasteiger partial charge is 0.317 e. The van der Waals surface area contributed by atoms with Gasteiger partial charge in [-0.15, -0.1) is 0 Å². The molecule has 5 nitrogen and oxygen atoms in total. The average Bonchev–Trinajstić information content (AvgIpc) is 3.09. The van der Waals surface area contributed by atoms with Crippen LogP contribution in [0.25, 0.3) is 0 Å². The molecule has 0 aromatic heterocycles. The maximum absolute atomic E-state index is 11.8. The normalized spacial score (nSPS) is 28.9. The highest BCUT2D eigenvalue weighted by molar-refractivity contribution is 6.20. The van der Waals surface area contributed by atoms with Gasteiger partial charge in [0.2, 0.25) is 5.91 Å². The summed E-state index contributed by atoms with van der Waals surface area (Å²) in [6.45, 7) is 1.86. The molecule has 16 heavy (non-hydrogen) atoms. The molecule has 1 saturated heterocycles. The van der Waals surface area contributed by atoms with Crippen molar-refractivity contribution >= 4 is 17.6 Å². The lowest BCUT2D eigenvalue weighted by atomic mass is 9.94. The van der Waals surface area contributed by atoms with Crippen molar-refractivity contribution in [1.29, 1.82) is 0 Å². The van der Waals surface area contributed by atoms with Gasteiger partial charge in [-0.2, -0.15) is 4.99 Å². The zero-order chi connectivity index (χ0) is 11.2. The highest BCUT2D eigenvalue weighted by atomic mass is 16.2. The number of carbonyl (C=O) groups excluding carboxylic acids is 2. The number of aliphatic imine (C=N–C) groups is 1. The molecule has 2 fully saturated rings. The summed E-state index contributed by atoms with van der Waals surface area (Å²) in [6.07, 6.45) is 3.22. The molecule has 0 bridgehead atoms. The zero-order valence-electron chi connectivity index (χ0n) is 9.08. The summed E-state index contributed by atoms with van der Waals surface area (Å²) in [6, 6.07) is 0. The molecule has 1 aliphatic carbocycles. The number of piperidine rings is 1. The van der Waals surface area contributed by atoms with Crippen LogP contribution in [0, 0.1) is 11.3 Å². The van der Waals surface area contributed by atoms with Crippen molar-refractivity contribution in [3.8, 4) is 0 Å². The summed E-state index contributed by atoms with van der Waals surface area (Å²) in [5.74, 6) is 0.505. The van der Waals surface area contributed by atoms with Crippen molar-refractivity contribution in [3.63, 3.8) is 0 Å². The van der Waals surface area contributed by atoms with Crippen molar-refractivity contribution in [2.24, 2.45) is 16.3 Å². The fourth-order valence-electron chi connectivity index (χ4n) is 2.43. The Morgan fingerprint density at radius 1 is 1.19 bits per heavy atom. The van der Waals surface area contributed by atoms with Gasteiger partial charge in [0.1, 0.15) is 11.3 Å². The number of hydrogen-bond donors (Lipinski definition) is 2. The second-order valence-corrected chi connectivity index (χ2v) is 4.86. The summed E-state index contributed by atoms with van der Waals surface area (Å²) in [5.41, 5.74) is -0.767. The van der Waals surface area contributed by atoms with Gasteiger partial charge in [-0.3, -0.25) is 9.59 Å². The number of nitrogens with zero attached hydrogens (tertiary/aromatic N) is 1. The molecule has 86 valence electrons. The Bertz CT molecular complexity index is 379. The fourth-order valence-corrected chi connectivity index (χ4v) is 2.43. The first-order chi connectivity index (χ1) is 7.72. The molecule has 3 aliphatic rings. The second-order valence-electron chi connectivity index (χ2n) is 4.86. The summed E-state index contributed by atoms with van der Waals surface area (Å²) < 4.78 is 0. The van der Waals surface area contributed by atoms with Crippen LogP contribution in [0.5, 0.6) is 0 Å². The van der Waals surface area contributed by atoms with E-state index in [-0.39, 0.29) is 17.7 Å². The van der Waals surface area contributed by atoms with E-state index in [0.717, 1.165) is 25.9 Å². The molecular formula is C11H15N3O2. The smallest absolute Gasteiger partial charge is 0.263 e. The van der Waals surface area contributed by atoms with E-state index in [1.165, 1.54) is 0 Å². The zero-order valence-corrected chi connectivity index (χ0v) is 9.08. The topological polar surface area (TPSA) is 70.6 Å². The standard InChI is InChI=1S/C11H15N3O2/c15-9-11(3-4-11)10(16)14-8(13-9)7-1-5-12-6-2-7/h7,12H,1-6H2,(H,13,14,15,16). The third-order valence-electron chi connectivity index (χ3n) is 3.78. The second kappa shape index (κ2) is 3.38. The van der Waals surface area contributed by atoms with E-state index in [0.29, 0.717) is 18.7 Å². The van der Waals surface area contributed by atoms with Gasteiger partial charge in [-0.1, -0.05) is 0 Å². The molecular weight excluding hydrogens is 206 g/mol. The predicted octanol–water partition coefficient (Wildman–Crippen LogP) is -0.179. The van der Waals surface area contributed by atoms with Gasteiger partial charge in [0.05, 0.1) is 0 Å². The number of amidine groups is 1. The molecule has 2 heterocycles. The minimum absolute atomic E-state index is 0.124. The van der Waals surface area contributed by atoms with Crippen LogP contribution in [0.2, 0.25) is 0 Å². The van der Waals surface area contributed by atoms with E-state index in [2.05, 4.69) is 15.6 Å². The summed E-state index contributed by atoms with van der Waals surface area (Å²) in [5, 5.41) is 6.08. The average molecular weight is 221 g/mol. The van der Waals surface area contributed by atoms with E-state index in [4.69, 9.17) is 0 Å². The fraction of sp³-hybridized carbons (Fsp3) is 0.727. The molecule has 0 radical (unpaired) electrons. The molecule has 3 rings (SSSR count). The molecule has 0 aromatic rings. The van der Waals surface area contributed by atoms with Crippen molar-refractivity contribution in [1.82, 2.24) is 10.6 Å². The third kappa shape index (κ3) is 1.38. The Kier molecular flexibility index (Phi) is 2.10. The molecule has 1 saturated carbocycles. The highest BCUT2D eigenvalue weighted by Crippen LogP contribution is 2.48. The minimum atomic E-state index is -0.767. The molecule has 0 aromatic carbocycles. The minimum Gasteiger partial charge on any atom is -0.317 e. The van der Waals surface area contributed by atoms with E-state index >= 15 is 0 Å². The summed E-state index contributed by atoms with van der Waals surface area (Å²) >= 11 is 0. The van der Waals surface area contributed by atoms with Crippen LogP contribution in [-0.4, -0.2) is 30.7 Å². The van der Waals surface area contributed by atoms with Crippen LogP contribution in [-0.2, 0) is 9.59 Å². The van der Waals surface area contributed by atoms with Crippen molar-refractivity contribution in [3.05, 3.63) is 0 Å². The number of rotatable bonds is 1. The highest BCUT2D eigenvalue weighted by Gasteiger charge is 2.58.